The maximum absolute atomic E-state index is 5.69. The molecule has 0 unspecified atom stereocenters. The van der Waals surface area contributed by atoms with Gasteiger partial charge in [0.15, 0.2) is 11.5 Å². The average molecular weight is 285 g/mol. The molecule has 1 aliphatic rings. The minimum atomic E-state index is 0.685. The molecule has 0 amide bonds. The highest BCUT2D eigenvalue weighted by atomic mass is 16.5. The van der Waals surface area contributed by atoms with Crippen molar-refractivity contribution in [3.63, 3.8) is 0 Å². The molecule has 0 spiro atoms. The smallest absolute Gasteiger partial charge is 0.163 e. The summed E-state index contributed by atoms with van der Waals surface area (Å²) in [4.78, 5) is 4.49. The highest BCUT2D eigenvalue weighted by molar-refractivity contribution is 5.62. The summed E-state index contributed by atoms with van der Waals surface area (Å²) in [7, 11) is 0. The Morgan fingerprint density at radius 2 is 1.86 bits per heavy atom. The van der Waals surface area contributed by atoms with Gasteiger partial charge in [0, 0.05) is 24.7 Å². The van der Waals surface area contributed by atoms with Gasteiger partial charge in [-0.3, -0.25) is 0 Å². The molecule has 0 saturated heterocycles. The van der Waals surface area contributed by atoms with Crippen LogP contribution < -0.4 is 20.1 Å². The zero-order chi connectivity index (χ0) is 14.5. The fourth-order valence-corrected chi connectivity index (χ4v) is 2.17. The van der Waals surface area contributed by atoms with E-state index in [1.54, 1.807) is 0 Å². The summed E-state index contributed by atoms with van der Waals surface area (Å²) in [6.45, 7) is 4.28. The fourth-order valence-electron chi connectivity index (χ4n) is 2.17. The highest BCUT2D eigenvalue weighted by Crippen LogP contribution is 2.33. The molecule has 0 fully saturated rings. The fraction of sp³-hybridized carbons (Fsp3) is 0.312. The van der Waals surface area contributed by atoms with Crippen molar-refractivity contribution >= 4 is 17.3 Å². The lowest BCUT2D eigenvalue weighted by Crippen LogP contribution is -2.01. The number of pyridine rings is 1. The first kappa shape index (κ1) is 13.5. The van der Waals surface area contributed by atoms with E-state index >= 15 is 0 Å². The van der Waals surface area contributed by atoms with E-state index in [1.807, 2.05) is 43.3 Å². The van der Waals surface area contributed by atoms with Crippen LogP contribution >= 0.6 is 0 Å². The molecule has 2 aromatic rings. The van der Waals surface area contributed by atoms with Crippen molar-refractivity contribution in [2.24, 2.45) is 0 Å². The Labute approximate surface area is 124 Å². The molecule has 5 nitrogen and oxygen atoms in total. The van der Waals surface area contributed by atoms with Crippen molar-refractivity contribution in [3.05, 3.63) is 36.4 Å². The number of rotatable bonds is 4. The van der Waals surface area contributed by atoms with E-state index in [1.165, 1.54) is 0 Å². The molecule has 0 bridgehead atoms. The van der Waals surface area contributed by atoms with Gasteiger partial charge in [0.05, 0.1) is 13.2 Å². The first-order valence-corrected chi connectivity index (χ1v) is 7.23. The highest BCUT2D eigenvalue weighted by Gasteiger charge is 2.10. The maximum Gasteiger partial charge on any atom is 0.163 e. The molecule has 1 aliphatic heterocycles. The summed E-state index contributed by atoms with van der Waals surface area (Å²) in [6.07, 6.45) is 0.906. The number of hydrogen-bond donors (Lipinski definition) is 2. The maximum atomic E-state index is 5.69. The van der Waals surface area contributed by atoms with Crippen molar-refractivity contribution in [1.82, 2.24) is 4.98 Å². The normalized spacial score (nSPS) is 13.4. The van der Waals surface area contributed by atoms with Crippen molar-refractivity contribution < 1.29 is 9.47 Å². The second-order valence-corrected chi connectivity index (χ2v) is 4.78. The molecule has 0 saturated carbocycles. The average Bonchev–Trinajstić information content (AvgIpc) is 2.73. The van der Waals surface area contributed by atoms with Gasteiger partial charge in [0.2, 0.25) is 0 Å². The van der Waals surface area contributed by atoms with E-state index in [0.717, 1.165) is 41.8 Å². The first-order valence-electron chi connectivity index (χ1n) is 7.23. The Balaban J connectivity index is 1.78. The van der Waals surface area contributed by atoms with E-state index in [2.05, 4.69) is 15.6 Å². The lowest BCUT2D eigenvalue weighted by Gasteiger charge is -2.11. The van der Waals surface area contributed by atoms with Gasteiger partial charge < -0.3 is 20.1 Å². The zero-order valence-corrected chi connectivity index (χ0v) is 12.1. The van der Waals surface area contributed by atoms with Crippen LogP contribution in [-0.2, 0) is 0 Å². The molecule has 0 radical (unpaired) electrons. The van der Waals surface area contributed by atoms with E-state index in [9.17, 15) is 0 Å². The molecule has 2 N–H and O–H groups in total. The number of nitrogens with one attached hydrogen (secondary N) is 2. The van der Waals surface area contributed by atoms with Crippen molar-refractivity contribution in [3.8, 4) is 11.5 Å². The van der Waals surface area contributed by atoms with Gasteiger partial charge in [0.1, 0.15) is 11.6 Å². The van der Waals surface area contributed by atoms with Crippen molar-refractivity contribution in [2.45, 2.75) is 13.3 Å². The van der Waals surface area contributed by atoms with Crippen LogP contribution in [0.1, 0.15) is 13.3 Å². The Hall–Kier alpha value is -2.43. The largest absolute Gasteiger partial charge is 0.490 e. The second-order valence-electron chi connectivity index (χ2n) is 4.78. The summed E-state index contributed by atoms with van der Waals surface area (Å²) >= 11 is 0. The monoisotopic (exact) mass is 285 g/mol. The van der Waals surface area contributed by atoms with Crippen LogP contribution in [0.5, 0.6) is 11.5 Å². The molecule has 3 rings (SSSR count). The van der Waals surface area contributed by atoms with E-state index in [4.69, 9.17) is 9.47 Å². The number of hydrogen-bond acceptors (Lipinski definition) is 5. The van der Waals surface area contributed by atoms with Crippen LogP contribution in [0, 0.1) is 0 Å². The Bertz CT molecular complexity index is 616. The van der Waals surface area contributed by atoms with Gasteiger partial charge in [-0.05, 0) is 31.2 Å². The van der Waals surface area contributed by atoms with Gasteiger partial charge >= 0.3 is 0 Å². The standard InChI is InChI=1S/C16H19N3O2/c1-2-17-15-5-3-6-16(19-15)18-12-7-8-13-14(11-12)21-10-4-9-20-13/h3,5-8,11H,2,4,9-10H2,1H3,(H2,17,18,19). The molecule has 110 valence electrons. The second kappa shape index (κ2) is 6.35. The van der Waals surface area contributed by atoms with Gasteiger partial charge in [-0.25, -0.2) is 4.98 Å². The summed E-state index contributed by atoms with van der Waals surface area (Å²) < 4.78 is 11.3. The van der Waals surface area contributed by atoms with Crippen LogP contribution in [0.15, 0.2) is 36.4 Å². The topological polar surface area (TPSA) is 55.4 Å². The lowest BCUT2D eigenvalue weighted by atomic mass is 10.2. The van der Waals surface area contributed by atoms with Crippen LogP contribution in [-0.4, -0.2) is 24.7 Å². The minimum Gasteiger partial charge on any atom is -0.490 e. The molecular weight excluding hydrogens is 266 g/mol. The third kappa shape index (κ3) is 3.37. The van der Waals surface area contributed by atoms with Gasteiger partial charge in [-0.1, -0.05) is 6.07 Å². The Kier molecular flexibility index (Phi) is 4.09. The summed E-state index contributed by atoms with van der Waals surface area (Å²) in [6, 6.07) is 11.7. The van der Waals surface area contributed by atoms with Crippen LogP contribution in [0.3, 0.4) is 0 Å². The summed E-state index contributed by atoms with van der Waals surface area (Å²) in [5.74, 6) is 3.23. The molecule has 1 aromatic heterocycles. The van der Waals surface area contributed by atoms with Crippen molar-refractivity contribution in [1.29, 1.82) is 0 Å². The van der Waals surface area contributed by atoms with E-state index in [0.29, 0.717) is 13.2 Å². The molecular formula is C16H19N3O2. The zero-order valence-electron chi connectivity index (χ0n) is 12.1. The lowest BCUT2D eigenvalue weighted by molar-refractivity contribution is 0.297. The molecule has 21 heavy (non-hydrogen) atoms. The molecule has 0 aliphatic carbocycles. The van der Waals surface area contributed by atoms with E-state index < -0.39 is 0 Å². The van der Waals surface area contributed by atoms with Gasteiger partial charge in [0.25, 0.3) is 0 Å². The number of nitrogens with zero attached hydrogens (tertiary/aromatic N) is 1. The summed E-state index contributed by atoms with van der Waals surface area (Å²) in [5.41, 5.74) is 0.931. The van der Waals surface area contributed by atoms with Crippen LogP contribution in [0.2, 0.25) is 0 Å². The van der Waals surface area contributed by atoms with Crippen LogP contribution in [0.4, 0.5) is 17.3 Å². The number of aromatic nitrogens is 1. The Morgan fingerprint density at radius 3 is 2.71 bits per heavy atom. The quantitative estimate of drug-likeness (QED) is 0.901. The first-order chi connectivity index (χ1) is 10.3. The Morgan fingerprint density at radius 1 is 1.05 bits per heavy atom. The number of benzene rings is 1. The molecule has 0 atom stereocenters. The summed E-state index contributed by atoms with van der Waals surface area (Å²) in [5, 5.41) is 6.48. The van der Waals surface area contributed by atoms with Gasteiger partial charge in [-0.15, -0.1) is 0 Å². The predicted molar refractivity (Wildman–Crippen MR) is 83.7 cm³/mol. The van der Waals surface area contributed by atoms with Gasteiger partial charge in [-0.2, -0.15) is 0 Å². The number of fused-ring (bicyclic) bond motifs is 1. The molecule has 2 heterocycles. The third-order valence-corrected chi connectivity index (χ3v) is 3.13. The van der Waals surface area contributed by atoms with E-state index in [-0.39, 0.29) is 0 Å². The number of ether oxygens (including phenoxy) is 2. The molecule has 1 aromatic carbocycles. The number of anilines is 3. The molecule has 5 heteroatoms. The third-order valence-electron chi connectivity index (χ3n) is 3.13. The minimum absolute atomic E-state index is 0.685. The SMILES string of the molecule is CCNc1cccc(Nc2ccc3c(c2)OCCCO3)n1. The predicted octanol–water partition coefficient (Wildman–Crippen LogP) is 3.42. The van der Waals surface area contributed by atoms with Crippen LogP contribution in [0.25, 0.3) is 0 Å². The van der Waals surface area contributed by atoms with Crippen molar-refractivity contribution in [2.75, 3.05) is 30.4 Å².